The van der Waals surface area contributed by atoms with E-state index in [2.05, 4.69) is 0 Å². The lowest BCUT2D eigenvalue weighted by atomic mass is 10.3. The number of hydrogen-bond acceptors (Lipinski definition) is 3. The molecule has 3 nitrogen and oxygen atoms in total. The third-order valence-corrected chi connectivity index (χ3v) is 2.28. The molecule has 0 saturated carbocycles. The molecule has 0 bridgehead atoms. The molecule has 0 aliphatic heterocycles. The van der Waals surface area contributed by atoms with Crippen LogP contribution in [0.4, 0.5) is 4.39 Å². The minimum Gasteiger partial charge on any atom is -0.494 e. The molecule has 5 heteroatoms. The molecule has 0 unspecified atom stereocenters. The molecule has 94 valence electrons. The summed E-state index contributed by atoms with van der Waals surface area (Å²) in [6.07, 6.45) is 0.858. The Labute approximate surface area is 104 Å². The van der Waals surface area contributed by atoms with Crippen LogP contribution in [-0.2, 0) is 9.53 Å². The smallest absolute Gasteiger partial charge is 0.305 e. The van der Waals surface area contributed by atoms with Crippen LogP contribution in [0.25, 0.3) is 0 Å². The van der Waals surface area contributed by atoms with Gasteiger partial charge in [0.25, 0.3) is 0 Å². The average Bonchev–Trinajstić information content (AvgIpc) is 2.29. The second-order valence-corrected chi connectivity index (χ2v) is 3.74. The predicted molar refractivity (Wildman–Crippen MR) is 62.8 cm³/mol. The lowest BCUT2D eigenvalue weighted by Crippen LogP contribution is -2.06. The van der Waals surface area contributed by atoms with Gasteiger partial charge in [-0.05, 0) is 25.5 Å². The van der Waals surface area contributed by atoms with E-state index in [1.807, 2.05) is 0 Å². The molecule has 0 atom stereocenters. The maximum absolute atomic E-state index is 12.8. The molecule has 1 rings (SSSR count). The highest BCUT2D eigenvalue weighted by molar-refractivity contribution is 6.30. The van der Waals surface area contributed by atoms with Crippen molar-refractivity contribution in [3.05, 3.63) is 29.0 Å². The molecule has 0 heterocycles. The highest BCUT2D eigenvalue weighted by Gasteiger charge is 2.03. The van der Waals surface area contributed by atoms with Gasteiger partial charge in [-0.3, -0.25) is 4.79 Å². The van der Waals surface area contributed by atoms with Crippen molar-refractivity contribution in [3.8, 4) is 5.75 Å². The van der Waals surface area contributed by atoms with Gasteiger partial charge in [0.2, 0.25) is 0 Å². The van der Waals surface area contributed by atoms with Crippen LogP contribution in [0.2, 0.25) is 5.02 Å². The number of ether oxygens (including phenoxy) is 2. The van der Waals surface area contributed by atoms with Crippen molar-refractivity contribution in [2.75, 3.05) is 13.2 Å². The molecular weight excluding hydrogens is 247 g/mol. The summed E-state index contributed by atoms with van der Waals surface area (Å²) < 4.78 is 22.9. The van der Waals surface area contributed by atoms with Crippen molar-refractivity contribution in [3.63, 3.8) is 0 Å². The van der Waals surface area contributed by atoms with E-state index in [1.54, 1.807) is 6.92 Å². The van der Waals surface area contributed by atoms with Crippen LogP contribution in [0.15, 0.2) is 18.2 Å². The number of rotatable bonds is 6. The van der Waals surface area contributed by atoms with Gasteiger partial charge in [0.15, 0.2) is 0 Å². The first-order valence-electron chi connectivity index (χ1n) is 5.37. The molecule has 0 spiro atoms. The molecule has 0 radical (unpaired) electrons. The molecule has 1 aromatic rings. The van der Waals surface area contributed by atoms with Crippen molar-refractivity contribution < 1.29 is 18.7 Å². The fourth-order valence-corrected chi connectivity index (χ4v) is 1.38. The van der Waals surface area contributed by atoms with E-state index < -0.39 is 5.82 Å². The molecule has 0 fully saturated rings. The van der Waals surface area contributed by atoms with E-state index in [0.717, 1.165) is 0 Å². The van der Waals surface area contributed by atoms with E-state index in [1.165, 1.54) is 18.2 Å². The molecule has 0 amide bonds. The Morgan fingerprint density at radius 3 is 2.88 bits per heavy atom. The Morgan fingerprint density at radius 2 is 2.24 bits per heavy atom. The fourth-order valence-electron chi connectivity index (χ4n) is 1.21. The maximum atomic E-state index is 12.8. The van der Waals surface area contributed by atoms with Crippen molar-refractivity contribution in [1.29, 1.82) is 0 Å². The van der Waals surface area contributed by atoms with E-state index in [0.29, 0.717) is 31.8 Å². The summed E-state index contributed by atoms with van der Waals surface area (Å²) in [5.41, 5.74) is 0. The van der Waals surface area contributed by atoms with E-state index in [9.17, 15) is 9.18 Å². The van der Waals surface area contributed by atoms with Crippen molar-refractivity contribution in [2.45, 2.75) is 19.8 Å². The number of carbonyl (C=O) groups is 1. The zero-order valence-electron chi connectivity index (χ0n) is 9.54. The second-order valence-electron chi connectivity index (χ2n) is 3.33. The van der Waals surface area contributed by atoms with E-state index in [-0.39, 0.29) is 11.0 Å². The summed E-state index contributed by atoms with van der Waals surface area (Å²) in [5.74, 6) is -0.237. The Balaban J connectivity index is 2.26. The molecule has 0 aromatic heterocycles. The summed E-state index contributed by atoms with van der Waals surface area (Å²) in [6.45, 7) is 2.50. The van der Waals surface area contributed by atoms with Crippen molar-refractivity contribution >= 4 is 17.6 Å². The van der Waals surface area contributed by atoms with Crippen LogP contribution in [0, 0.1) is 5.82 Å². The molecular formula is C12H14ClFO3. The van der Waals surface area contributed by atoms with Crippen LogP contribution < -0.4 is 4.74 Å². The summed E-state index contributed by atoms with van der Waals surface area (Å²) in [5, 5.41) is 0.0212. The number of hydrogen-bond donors (Lipinski definition) is 0. The molecule has 0 aliphatic rings. The number of esters is 1. The Kier molecular flexibility index (Phi) is 5.77. The van der Waals surface area contributed by atoms with Gasteiger partial charge in [-0.1, -0.05) is 11.6 Å². The highest BCUT2D eigenvalue weighted by atomic mass is 35.5. The van der Waals surface area contributed by atoms with Gasteiger partial charge >= 0.3 is 5.97 Å². The van der Waals surface area contributed by atoms with Crippen LogP contribution >= 0.6 is 11.6 Å². The SMILES string of the molecule is CCOC(=O)CCCOc1ccc(F)c(Cl)c1. The van der Waals surface area contributed by atoms with Gasteiger partial charge < -0.3 is 9.47 Å². The second kappa shape index (κ2) is 7.12. The van der Waals surface area contributed by atoms with Crippen molar-refractivity contribution in [2.24, 2.45) is 0 Å². The summed E-state index contributed by atoms with van der Waals surface area (Å²) >= 11 is 5.59. The first-order valence-corrected chi connectivity index (χ1v) is 5.74. The summed E-state index contributed by atoms with van der Waals surface area (Å²) in [6, 6.07) is 4.13. The summed E-state index contributed by atoms with van der Waals surface area (Å²) in [7, 11) is 0. The topological polar surface area (TPSA) is 35.5 Å². The average molecular weight is 261 g/mol. The van der Waals surface area contributed by atoms with Crippen LogP contribution in [0.5, 0.6) is 5.75 Å². The molecule has 1 aromatic carbocycles. The lowest BCUT2D eigenvalue weighted by Gasteiger charge is -2.06. The first kappa shape index (κ1) is 13.8. The minimum atomic E-state index is -0.481. The lowest BCUT2D eigenvalue weighted by molar-refractivity contribution is -0.143. The van der Waals surface area contributed by atoms with Crippen LogP contribution in [-0.4, -0.2) is 19.2 Å². The Morgan fingerprint density at radius 1 is 1.47 bits per heavy atom. The molecule has 0 aliphatic carbocycles. The maximum Gasteiger partial charge on any atom is 0.305 e. The van der Waals surface area contributed by atoms with Gasteiger partial charge in [-0.2, -0.15) is 0 Å². The third-order valence-electron chi connectivity index (χ3n) is 1.99. The largest absolute Gasteiger partial charge is 0.494 e. The number of halogens is 2. The number of benzene rings is 1. The highest BCUT2D eigenvalue weighted by Crippen LogP contribution is 2.21. The van der Waals surface area contributed by atoms with Gasteiger partial charge in [0.1, 0.15) is 11.6 Å². The van der Waals surface area contributed by atoms with Gasteiger partial charge in [-0.15, -0.1) is 0 Å². The standard InChI is InChI=1S/C12H14ClFO3/c1-2-16-12(15)4-3-7-17-9-5-6-11(14)10(13)8-9/h5-6,8H,2-4,7H2,1H3. The van der Waals surface area contributed by atoms with Crippen LogP contribution in [0.3, 0.4) is 0 Å². The van der Waals surface area contributed by atoms with Crippen LogP contribution in [0.1, 0.15) is 19.8 Å². The normalized spacial score (nSPS) is 10.1. The Hall–Kier alpha value is -1.29. The van der Waals surface area contributed by atoms with Gasteiger partial charge in [-0.25, -0.2) is 4.39 Å². The summed E-state index contributed by atoms with van der Waals surface area (Å²) in [4.78, 5) is 11.0. The zero-order chi connectivity index (χ0) is 12.7. The van der Waals surface area contributed by atoms with E-state index >= 15 is 0 Å². The first-order chi connectivity index (χ1) is 8.13. The van der Waals surface area contributed by atoms with Gasteiger partial charge in [0.05, 0.1) is 18.2 Å². The minimum absolute atomic E-state index is 0.0212. The zero-order valence-corrected chi connectivity index (χ0v) is 10.3. The molecule has 17 heavy (non-hydrogen) atoms. The molecule has 0 saturated heterocycles. The van der Waals surface area contributed by atoms with E-state index in [4.69, 9.17) is 21.1 Å². The number of carbonyl (C=O) groups excluding carboxylic acids is 1. The monoisotopic (exact) mass is 260 g/mol. The third kappa shape index (κ3) is 5.04. The fraction of sp³-hybridized carbons (Fsp3) is 0.417. The van der Waals surface area contributed by atoms with Gasteiger partial charge in [0, 0.05) is 12.5 Å². The molecule has 0 N–H and O–H groups in total. The Bertz CT molecular complexity index is 382. The predicted octanol–water partition coefficient (Wildman–Crippen LogP) is 3.20. The quantitative estimate of drug-likeness (QED) is 0.582. The van der Waals surface area contributed by atoms with Crippen molar-refractivity contribution in [1.82, 2.24) is 0 Å².